The summed E-state index contributed by atoms with van der Waals surface area (Å²) in [5.74, 6) is 0.0567. The summed E-state index contributed by atoms with van der Waals surface area (Å²) < 4.78 is 10.5. The van der Waals surface area contributed by atoms with Crippen LogP contribution in [0.25, 0.3) is 0 Å². The zero-order chi connectivity index (χ0) is 14.4. The number of carbonyl (C=O) groups is 2. The summed E-state index contributed by atoms with van der Waals surface area (Å²) in [5.41, 5.74) is 1.05. The van der Waals surface area contributed by atoms with Crippen LogP contribution < -0.4 is 15.4 Å². The largest absolute Gasteiger partial charge is 0.463 e. The molecule has 2 N–H and O–H groups in total. The fourth-order valence-electron chi connectivity index (χ4n) is 1.43. The molecule has 0 aromatic heterocycles. The quantitative estimate of drug-likeness (QED) is 0.799. The van der Waals surface area contributed by atoms with Crippen molar-refractivity contribution in [2.45, 2.75) is 27.1 Å². The third-order valence-corrected chi connectivity index (χ3v) is 2.24. The molecule has 0 spiro atoms. The van der Waals surface area contributed by atoms with Gasteiger partial charge in [-0.3, -0.25) is 9.59 Å². The molecular weight excluding hydrogens is 248 g/mol. The van der Waals surface area contributed by atoms with E-state index in [2.05, 4.69) is 10.6 Å². The lowest BCUT2D eigenvalue weighted by Crippen LogP contribution is -2.16. The molecule has 2 amide bonds. The lowest BCUT2D eigenvalue weighted by atomic mass is 10.2. The summed E-state index contributed by atoms with van der Waals surface area (Å²) >= 11 is 0. The Bertz CT molecular complexity index is 474. The van der Waals surface area contributed by atoms with Crippen LogP contribution in [0.15, 0.2) is 18.2 Å². The zero-order valence-electron chi connectivity index (χ0n) is 11.4. The molecule has 0 aliphatic rings. The lowest BCUT2D eigenvalue weighted by molar-refractivity contribution is -0.115. The van der Waals surface area contributed by atoms with Crippen LogP contribution in [-0.4, -0.2) is 25.2 Å². The van der Waals surface area contributed by atoms with Crippen LogP contribution in [0.3, 0.4) is 0 Å². The van der Waals surface area contributed by atoms with Crippen molar-refractivity contribution in [3.63, 3.8) is 0 Å². The number of anilines is 2. The van der Waals surface area contributed by atoms with Crippen molar-refractivity contribution >= 4 is 23.2 Å². The normalized spacial score (nSPS) is 11.6. The highest BCUT2D eigenvalue weighted by Crippen LogP contribution is 2.29. The van der Waals surface area contributed by atoms with Gasteiger partial charge in [0.25, 0.3) is 0 Å². The Balaban J connectivity index is 3.01. The molecule has 0 radical (unpaired) electrons. The molecule has 1 aromatic rings. The van der Waals surface area contributed by atoms with Crippen LogP contribution >= 0.6 is 0 Å². The summed E-state index contributed by atoms with van der Waals surface area (Å²) in [4.78, 5) is 22.2. The van der Waals surface area contributed by atoms with Gasteiger partial charge in [-0.25, -0.2) is 0 Å². The summed E-state index contributed by atoms with van der Waals surface area (Å²) in [6, 6.07) is 4.97. The third-order valence-electron chi connectivity index (χ3n) is 2.24. The highest BCUT2D eigenvalue weighted by Gasteiger charge is 2.10. The van der Waals surface area contributed by atoms with Crippen molar-refractivity contribution in [1.29, 1.82) is 0 Å². The first kappa shape index (κ1) is 15.0. The monoisotopic (exact) mass is 266 g/mol. The standard InChI is InChI=1S/C13H18N2O4/c1-8(16)14-11-5-6-13(19-10(3)18-4)12(7-11)15-9(2)17/h5-7,10H,1-4H3,(H,14,16)(H,15,17). The Hall–Kier alpha value is -2.08. The van der Waals surface area contributed by atoms with Gasteiger partial charge in [-0.15, -0.1) is 0 Å². The van der Waals surface area contributed by atoms with E-state index in [9.17, 15) is 9.59 Å². The van der Waals surface area contributed by atoms with Gasteiger partial charge in [-0.05, 0) is 25.1 Å². The van der Waals surface area contributed by atoms with Crippen molar-refractivity contribution < 1.29 is 19.1 Å². The lowest BCUT2D eigenvalue weighted by Gasteiger charge is -2.17. The van der Waals surface area contributed by atoms with E-state index in [0.29, 0.717) is 17.1 Å². The molecule has 1 aromatic carbocycles. The Morgan fingerprint density at radius 1 is 1.16 bits per heavy atom. The number of benzene rings is 1. The van der Waals surface area contributed by atoms with Crippen LogP contribution in [0, 0.1) is 0 Å². The van der Waals surface area contributed by atoms with Crippen LogP contribution in [0.1, 0.15) is 20.8 Å². The number of nitrogens with one attached hydrogen (secondary N) is 2. The minimum Gasteiger partial charge on any atom is -0.463 e. The average Bonchev–Trinajstić information content (AvgIpc) is 2.30. The van der Waals surface area contributed by atoms with Crippen LogP contribution in [0.2, 0.25) is 0 Å². The number of ether oxygens (including phenoxy) is 2. The fraction of sp³-hybridized carbons (Fsp3) is 0.385. The Morgan fingerprint density at radius 2 is 1.79 bits per heavy atom. The van der Waals surface area contributed by atoms with Gasteiger partial charge in [0.1, 0.15) is 5.75 Å². The Morgan fingerprint density at radius 3 is 2.32 bits per heavy atom. The first-order valence-electron chi connectivity index (χ1n) is 5.81. The predicted octanol–water partition coefficient (Wildman–Crippen LogP) is 1.97. The predicted molar refractivity (Wildman–Crippen MR) is 72.1 cm³/mol. The molecule has 0 aliphatic heterocycles. The van der Waals surface area contributed by atoms with E-state index in [0.717, 1.165) is 0 Å². The SMILES string of the molecule is COC(C)Oc1ccc(NC(C)=O)cc1NC(C)=O. The molecule has 0 fully saturated rings. The second kappa shape index (κ2) is 6.75. The van der Waals surface area contributed by atoms with Gasteiger partial charge < -0.3 is 20.1 Å². The third kappa shape index (κ3) is 4.97. The molecule has 0 saturated heterocycles. The first-order chi connectivity index (χ1) is 8.92. The molecule has 19 heavy (non-hydrogen) atoms. The summed E-state index contributed by atoms with van der Waals surface area (Å²) in [5, 5.41) is 5.28. The van der Waals surface area contributed by atoms with Crippen LogP contribution in [0.5, 0.6) is 5.75 Å². The van der Waals surface area contributed by atoms with E-state index in [-0.39, 0.29) is 11.8 Å². The van der Waals surface area contributed by atoms with E-state index < -0.39 is 6.29 Å². The molecule has 6 heteroatoms. The van der Waals surface area contributed by atoms with Crippen molar-refractivity contribution in [3.8, 4) is 5.75 Å². The molecule has 1 atom stereocenters. The maximum Gasteiger partial charge on any atom is 0.221 e. The number of hydrogen-bond acceptors (Lipinski definition) is 4. The fourth-order valence-corrected chi connectivity index (χ4v) is 1.43. The summed E-state index contributed by atoms with van der Waals surface area (Å²) in [7, 11) is 1.52. The molecule has 6 nitrogen and oxygen atoms in total. The highest BCUT2D eigenvalue weighted by atomic mass is 16.7. The van der Waals surface area contributed by atoms with Gasteiger partial charge in [0.15, 0.2) is 6.29 Å². The van der Waals surface area contributed by atoms with Gasteiger partial charge in [-0.1, -0.05) is 0 Å². The van der Waals surface area contributed by atoms with Gasteiger partial charge in [0.05, 0.1) is 5.69 Å². The molecule has 0 saturated carbocycles. The van der Waals surface area contributed by atoms with Gasteiger partial charge in [-0.2, -0.15) is 0 Å². The van der Waals surface area contributed by atoms with Crippen LogP contribution in [0.4, 0.5) is 11.4 Å². The molecule has 0 aliphatic carbocycles. The summed E-state index contributed by atoms with van der Waals surface area (Å²) in [6.07, 6.45) is -0.445. The topological polar surface area (TPSA) is 76.7 Å². The van der Waals surface area contributed by atoms with E-state index >= 15 is 0 Å². The highest BCUT2D eigenvalue weighted by molar-refractivity contribution is 5.93. The second-order valence-electron chi connectivity index (χ2n) is 3.99. The molecule has 0 heterocycles. The number of carbonyl (C=O) groups excluding carboxylic acids is 2. The van der Waals surface area contributed by atoms with Gasteiger partial charge in [0.2, 0.25) is 11.8 Å². The number of amides is 2. The molecule has 0 bridgehead atoms. The van der Waals surface area contributed by atoms with E-state index in [1.165, 1.54) is 21.0 Å². The van der Waals surface area contributed by atoms with E-state index in [1.54, 1.807) is 25.1 Å². The second-order valence-corrected chi connectivity index (χ2v) is 3.99. The van der Waals surface area contributed by atoms with Crippen molar-refractivity contribution in [3.05, 3.63) is 18.2 Å². The summed E-state index contributed by atoms with van der Waals surface area (Å²) in [6.45, 7) is 4.55. The minimum absolute atomic E-state index is 0.187. The van der Waals surface area contributed by atoms with Crippen molar-refractivity contribution in [2.75, 3.05) is 17.7 Å². The minimum atomic E-state index is -0.445. The Kier molecular flexibility index (Phi) is 5.32. The first-order valence-corrected chi connectivity index (χ1v) is 5.81. The molecule has 104 valence electrons. The van der Waals surface area contributed by atoms with Crippen molar-refractivity contribution in [1.82, 2.24) is 0 Å². The molecule has 1 unspecified atom stereocenters. The average molecular weight is 266 g/mol. The van der Waals surface area contributed by atoms with E-state index in [1.807, 2.05) is 0 Å². The van der Waals surface area contributed by atoms with Gasteiger partial charge >= 0.3 is 0 Å². The zero-order valence-corrected chi connectivity index (χ0v) is 11.4. The maximum atomic E-state index is 11.2. The number of hydrogen-bond donors (Lipinski definition) is 2. The van der Waals surface area contributed by atoms with Gasteiger partial charge in [0, 0.05) is 26.6 Å². The Labute approximate surface area is 112 Å². The molecular formula is C13H18N2O4. The maximum absolute atomic E-state index is 11.2. The van der Waals surface area contributed by atoms with Crippen LogP contribution in [-0.2, 0) is 14.3 Å². The molecule has 1 rings (SSSR count). The van der Waals surface area contributed by atoms with Crippen molar-refractivity contribution in [2.24, 2.45) is 0 Å². The van der Waals surface area contributed by atoms with E-state index in [4.69, 9.17) is 9.47 Å². The number of rotatable bonds is 5. The number of methoxy groups -OCH3 is 1. The smallest absolute Gasteiger partial charge is 0.221 e.